The van der Waals surface area contributed by atoms with Crippen molar-refractivity contribution in [3.8, 4) is 0 Å². The first-order valence-corrected chi connectivity index (χ1v) is 13.9. The van der Waals surface area contributed by atoms with Gasteiger partial charge in [0.25, 0.3) is 11.8 Å². The van der Waals surface area contributed by atoms with Gasteiger partial charge in [-0.05, 0) is 70.8 Å². The lowest BCUT2D eigenvalue weighted by Gasteiger charge is -2.38. The molecule has 0 aliphatic rings. The molecule has 0 bridgehead atoms. The van der Waals surface area contributed by atoms with E-state index in [1.807, 2.05) is 0 Å². The van der Waals surface area contributed by atoms with Crippen LogP contribution in [0.3, 0.4) is 0 Å². The molecule has 0 saturated heterocycles. The third-order valence-corrected chi connectivity index (χ3v) is 7.51. The Bertz CT molecular complexity index is 1820. The van der Waals surface area contributed by atoms with Gasteiger partial charge < -0.3 is 20.8 Å². The number of rotatable bonds is 10. The molecule has 0 saturated carbocycles. The molecule has 0 radical (unpaired) electrons. The van der Waals surface area contributed by atoms with Crippen molar-refractivity contribution >= 4 is 47.3 Å². The van der Waals surface area contributed by atoms with Crippen molar-refractivity contribution in [2.24, 2.45) is 0 Å². The van der Waals surface area contributed by atoms with E-state index in [9.17, 15) is 55.7 Å². The Kier molecular flexibility index (Phi) is 9.83. The summed E-state index contributed by atoms with van der Waals surface area (Å²) in [6.45, 7) is 7.06. The Morgan fingerprint density at radius 3 is 1.12 bits per heavy atom. The zero-order valence-electron chi connectivity index (χ0n) is 24.9. The van der Waals surface area contributed by atoms with Gasteiger partial charge in [0, 0.05) is 11.4 Å². The number of aromatic carboxylic acids is 2. The molecule has 4 rings (SSSR count). The van der Waals surface area contributed by atoms with Crippen LogP contribution < -0.4 is 10.6 Å². The van der Waals surface area contributed by atoms with Crippen LogP contribution in [0.2, 0.25) is 0 Å². The van der Waals surface area contributed by atoms with E-state index >= 15 is 0 Å². The number of nitrogens with one attached hydrogen (secondary N) is 2. The Morgan fingerprint density at radius 1 is 0.531 bits per heavy atom. The SMILES string of the molecule is C=Cc1ccc(C(=O)O)c(C(=O)Nc2ccc(C(c3ccc(NC(=O)c4cc(C=C)ccc4C(=O)O)cc3)(C(F)(F)F)C(F)(F)F)cc2)c1. The number of alkyl halides is 6. The minimum absolute atomic E-state index is 0.230. The van der Waals surface area contributed by atoms with Crippen LogP contribution in [-0.4, -0.2) is 46.3 Å². The second-order valence-electron chi connectivity index (χ2n) is 10.4. The summed E-state index contributed by atoms with van der Waals surface area (Å²) in [6.07, 6.45) is -9.24. The van der Waals surface area contributed by atoms with Gasteiger partial charge in [0.15, 0.2) is 0 Å². The van der Waals surface area contributed by atoms with Crippen molar-refractivity contribution in [3.63, 3.8) is 0 Å². The first kappa shape index (κ1) is 35.7. The molecular formula is C35H24F6N2O6. The van der Waals surface area contributed by atoms with E-state index in [0.717, 1.165) is 36.4 Å². The molecule has 0 heterocycles. The minimum Gasteiger partial charge on any atom is -0.478 e. The van der Waals surface area contributed by atoms with Crippen molar-refractivity contribution in [1.29, 1.82) is 0 Å². The molecule has 0 atom stereocenters. The van der Waals surface area contributed by atoms with Gasteiger partial charge in [-0.25, -0.2) is 9.59 Å². The molecule has 0 aliphatic heterocycles. The quantitative estimate of drug-likeness (QED) is 0.125. The van der Waals surface area contributed by atoms with Gasteiger partial charge in [0.05, 0.1) is 22.3 Å². The summed E-state index contributed by atoms with van der Waals surface area (Å²) >= 11 is 0. The molecule has 252 valence electrons. The maximum Gasteiger partial charge on any atom is 0.411 e. The molecule has 0 fully saturated rings. The normalized spacial score (nSPS) is 11.7. The molecule has 0 spiro atoms. The summed E-state index contributed by atoms with van der Waals surface area (Å²) < 4.78 is 88.2. The molecule has 4 aromatic carbocycles. The second-order valence-corrected chi connectivity index (χ2v) is 10.4. The summed E-state index contributed by atoms with van der Waals surface area (Å²) in [5.74, 6) is -4.88. The Balaban J connectivity index is 1.70. The van der Waals surface area contributed by atoms with Crippen LogP contribution in [0.25, 0.3) is 12.2 Å². The van der Waals surface area contributed by atoms with Crippen LogP contribution in [0, 0.1) is 0 Å². The maximum absolute atomic E-state index is 14.7. The van der Waals surface area contributed by atoms with Gasteiger partial charge in [-0.1, -0.05) is 61.7 Å². The number of anilines is 2. The average Bonchev–Trinajstić information content (AvgIpc) is 3.04. The minimum atomic E-state index is -5.95. The number of halogens is 6. The number of carbonyl (C=O) groups excluding carboxylic acids is 2. The summed E-state index contributed by atoms with van der Waals surface area (Å²) in [7, 11) is 0. The van der Waals surface area contributed by atoms with E-state index in [0.29, 0.717) is 35.4 Å². The highest BCUT2D eigenvalue weighted by Gasteiger charge is 2.72. The summed E-state index contributed by atoms with van der Waals surface area (Å²) in [4.78, 5) is 48.9. The molecule has 4 aromatic rings. The number of carboxylic acids is 2. The van der Waals surface area contributed by atoms with Gasteiger partial charge in [-0.15, -0.1) is 0 Å². The number of hydrogen-bond donors (Lipinski definition) is 4. The van der Waals surface area contributed by atoms with Crippen LogP contribution in [0.5, 0.6) is 0 Å². The van der Waals surface area contributed by atoms with Crippen molar-refractivity contribution < 1.29 is 55.7 Å². The zero-order valence-corrected chi connectivity index (χ0v) is 24.9. The lowest BCUT2D eigenvalue weighted by molar-refractivity contribution is -0.288. The van der Waals surface area contributed by atoms with Gasteiger partial charge in [0.2, 0.25) is 5.41 Å². The first-order valence-electron chi connectivity index (χ1n) is 13.9. The fourth-order valence-corrected chi connectivity index (χ4v) is 5.11. The van der Waals surface area contributed by atoms with Crippen molar-refractivity contribution in [2.45, 2.75) is 17.8 Å². The zero-order chi connectivity index (χ0) is 36.3. The molecule has 14 heteroatoms. The van der Waals surface area contributed by atoms with E-state index in [-0.39, 0.29) is 22.5 Å². The van der Waals surface area contributed by atoms with Gasteiger partial charge in [0.1, 0.15) is 0 Å². The van der Waals surface area contributed by atoms with Crippen LogP contribution in [0.1, 0.15) is 63.7 Å². The average molecular weight is 683 g/mol. The molecule has 4 N–H and O–H groups in total. The van der Waals surface area contributed by atoms with E-state index in [2.05, 4.69) is 23.8 Å². The predicted octanol–water partition coefficient (Wildman–Crippen LogP) is 8.28. The molecule has 0 unspecified atom stereocenters. The van der Waals surface area contributed by atoms with E-state index < -0.39 is 63.8 Å². The van der Waals surface area contributed by atoms with Crippen LogP contribution in [0.4, 0.5) is 37.7 Å². The fourth-order valence-electron chi connectivity index (χ4n) is 5.11. The third kappa shape index (κ3) is 6.93. The van der Waals surface area contributed by atoms with E-state index in [1.165, 1.54) is 36.4 Å². The fraction of sp³-hybridized carbons (Fsp3) is 0.0857. The topological polar surface area (TPSA) is 133 Å². The van der Waals surface area contributed by atoms with Gasteiger partial charge in [-0.2, -0.15) is 26.3 Å². The highest BCUT2D eigenvalue weighted by Crippen LogP contribution is 2.56. The van der Waals surface area contributed by atoms with E-state index in [4.69, 9.17) is 0 Å². The van der Waals surface area contributed by atoms with Crippen molar-refractivity contribution in [2.75, 3.05) is 10.6 Å². The molecule has 0 aliphatic carbocycles. The third-order valence-electron chi connectivity index (χ3n) is 7.51. The van der Waals surface area contributed by atoms with Crippen LogP contribution in [0.15, 0.2) is 98.1 Å². The molecular weight excluding hydrogens is 658 g/mol. The standard InChI is InChI=1S/C35H24F6N2O6/c1-3-19-5-15-25(31(46)47)27(17-19)29(44)42-23-11-7-21(8-12-23)33(34(36,37)38,35(39,40)41)22-9-13-24(14-10-22)43-30(45)28-18-20(4-2)6-16-26(28)32(48)49/h3-18H,1-2H2,(H,42,44)(H,43,45)(H,46,47)(H,48,49). The van der Waals surface area contributed by atoms with Crippen LogP contribution >= 0.6 is 0 Å². The maximum atomic E-state index is 14.7. The Morgan fingerprint density at radius 2 is 0.857 bits per heavy atom. The summed E-state index contributed by atoms with van der Waals surface area (Å²) in [6, 6.07) is 12.8. The Labute approximate surface area is 274 Å². The lowest BCUT2D eigenvalue weighted by atomic mass is 9.73. The number of amides is 2. The van der Waals surface area contributed by atoms with Crippen LogP contribution in [-0.2, 0) is 5.41 Å². The lowest BCUT2D eigenvalue weighted by Crippen LogP contribution is -2.54. The molecule has 0 aromatic heterocycles. The molecule has 2 amide bonds. The molecule has 8 nitrogen and oxygen atoms in total. The van der Waals surface area contributed by atoms with Gasteiger partial charge >= 0.3 is 24.3 Å². The second kappa shape index (κ2) is 13.5. The summed E-state index contributed by atoms with van der Waals surface area (Å²) in [5.41, 5.74) is -8.24. The van der Waals surface area contributed by atoms with Crippen molar-refractivity contribution in [3.05, 3.63) is 143 Å². The number of benzene rings is 4. The number of carboxylic acid groups (broad SMARTS) is 2. The monoisotopic (exact) mass is 682 g/mol. The van der Waals surface area contributed by atoms with Gasteiger partial charge in [-0.3, -0.25) is 9.59 Å². The number of carbonyl (C=O) groups is 4. The number of hydrogen-bond acceptors (Lipinski definition) is 4. The highest BCUT2D eigenvalue weighted by molar-refractivity contribution is 6.12. The van der Waals surface area contributed by atoms with Crippen molar-refractivity contribution in [1.82, 2.24) is 0 Å². The van der Waals surface area contributed by atoms with E-state index in [1.54, 1.807) is 0 Å². The smallest absolute Gasteiger partial charge is 0.411 e. The molecule has 49 heavy (non-hydrogen) atoms. The largest absolute Gasteiger partial charge is 0.478 e. The highest BCUT2D eigenvalue weighted by atomic mass is 19.4. The predicted molar refractivity (Wildman–Crippen MR) is 169 cm³/mol. The Hall–Kier alpha value is -6.18. The summed E-state index contributed by atoms with van der Waals surface area (Å²) in [5, 5.41) is 23.4. The first-order chi connectivity index (χ1) is 22.9.